The molecule has 9 heteroatoms. The van der Waals surface area contributed by atoms with Crippen LogP contribution in [0.1, 0.15) is 25.1 Å². The molecule has 1 fully saturated rings. The number of hydrogen-bond acceptors (Lipinski definition) is 4. The normalized spacial score (nSPS) is 17.7. The summed E-state index contributed by atoms with van der Waals surface area (Å²) in [5.41, 5.74) is 0.433. The van der Waals surface area contributed by atoms with Crippen LogP contribution in [0.25, 0.3) is 0 Å². The van der Waals surface area contributed by atoms with Gasteiger partial charge in [0.2, 0.25) is 0 Å². The summed E-state index contributed by atoms with van der Waals surface area (Å²) in [4.78, 5) is 8.73. The highest BCUT2D eigenvalue weighted by Crippen LogP contribution is 2.24. The quantitative estimate of drug-likeness (QED) is 0.324. The largest absolute Gasteiger partial charge is 0.468 e. The molecule has 1 aromatic heterocycles. The molecule has 2 heterocycles. The standard InChI is InChI=1S/C21H29F2N5O.HI/c1-4-24-21(25-13-19(27(2)3)20-6-5-11-29-20)26-16-9-10-28(14-16)18-8-7-15(22)12-17(18)23;/h5-8,11-12,16,19H,4,9-10,13-14H2,1-3H3,(H2,24,25,26);1H. The van der Waals surface area contributed by atoms with Crippen molar-refractivity contribution in [2.45, 2.75) is 25.4 Å². The third-order valence-corrected chi connectivity index (χ3v) is 5.04. The third-order valence-electron chi connectivity index (χ3n) is 5.04. The summed E-state index contributed by atoms with van der Waals surface area (Å²) in [5, 5.41) is 6.71. The van der Waals surface area contributed by atoms with Crippen LogP contribution in [0.4, 0.5) is 14.5 Å². The molecular weight excluding hydrogens is 503 g/mol. The van der Waals surface area contributed by atoms with E-state index < -0.39 is 11.6 Å². The Morgan fingerprint density at radius 3 is 2.77 bits per heavy atom. The van der Waals surface area contributed by atoms with Crippen molar-refractivity contribution < 1.29 is 13.2 Å². The lowest BCUT2D eigenvalue weighted by atomic mass is 10.2. The van der Waals surface area contributed by atoms with Gasteiger partial charge in [0.15, 0.2) is 5.96 Å². The second kappa shape index (κ2) is 11.5. The zero-order valence-corrected chi connectivity index (χ0v) is 19.9. The number of furan rings is 1. The fraction of sp³-hybridized carbons (Fsp3) is 0.476. The molecule has 3 rings (SSSR count). The predicted molar refractivity (Wildman–Crippen MR) is 127 cm³/mol. The first-order valence-electron chi connectivity index (χ1n) is 9.92. The SMILES string of the molecule is CCNC(=NCC(c1ccco1)N(C)C)NC1CCN(c2ccc(F)cc2F)C1.I. The zero-order valence-electron chi connectivity index (χ0n) is 17.6. The Balaban J connectivity index is 0.00000320. The van der Waals surface area contributed by atoms with Gasteiger partial charge in [0.05, 0.1) is 24.5 Å². The monoisotopic (exact) mass is 533 g/mol. The predicted octanol–water partition coefficient (Wildman–Crippen LogP) is 3.61. The maximum Gasteiger partial charge on any atom is 0.191 e. The maximum absolute atomic E-state index is 14.1. The molecule has 0 aliphatic carbocycles. The van der Waals surface area contributed by atoms with E-state index in [1.54, 1.807) is 6.26 Å². The van der Waals surface area contributed by atoms with E-state index in [0.717, 1.165) is 30.8 Å². The molecule has 6 nitrogen and oxygen atoms in total. The minimum atomic E-state index is -0.561. The van der Waals surface area contributed by atoms with Crippen LogP contribution in [0.5, 0.6) is 0 Å². The second-order valence-electron chi connectivity index (χ2n) is 7.39. The van der Waals surface area contributed by atoms with Crippen LogP contribution >= 0.6 is 24.0 Å². The van der Waals surface area contributed by atoms with Gasteiger partial charge in [-0.1, -0.05) is 0 Å². The number of aliphatic imine (C=N–C) groups is 1. The van der Waals surface area contributed by atoms with Crippen LogP contribution in [0.2, 0.25) is 0 Å². The fourth-order valence-electron chi connectivity index (χ4n) is 3.51. The highest BCUT2D eigenvalue weighted by molar-refractivity contribution is 14.0. The first kappa shape index (κ1) is 24.4. The van der Waals surface area contributed by atoms with Crippen molar-refractivity contribution in [2.75, 3.05) is 45.2 Å². The average molecular weight is 533 g/mol. The van der Waals surface area contributed by atoms with Crippen LogP contribution in [0, 0.1) is 11.6 Å². The molecule has 30 heavy (non-hydrogen) atoms. The van der Waals surface area contributed by atoms with Crippen LogP contribution in [-0.4, -0.2) is 57.2 Å². The van der Waals surface area contributed by atoms with E-state index in [9.17, 15) is 8.78 Å². The Labute approximate surface area is 193 Å². The number of likely N-dealkylation sites (N-methyl/N-ethyl adjacent to an activating group) is 1. The van der Waals surface area contributed by atoms with Gasteiger partial charge in [-0.15, -0.1) is 24.0 Å². The third kappa shape index (κ3) is 6.31. The van der Waals surface area contributed by atoms with Crippen LogP contribution < -0.4 is 15.5 Å². The molecule has 2 unspecified atom stereocenters. The molecule has 166 valence electrons. The molecule has 2 atom stereocenters. The number of nitrogens with one attached hydrogen (secondary N) is 2. The van der Waals surface area contributed by atoms with E-state index in [-0.39, 0.29) is 36.1 Å². The molecular formula is C21H30F2IN5O. The van der Waals surface area contributed by atoms with Gasteiger partial charge < -0.3 is 20.0 Å². The fourth-order valence-corrected chi connectivity index (χ4v) is 3.51. The first-order valence-corrected chi connectivity index (χ1v) is 9.92. The van der Waals surface area contributed by atoms with E-state index in [1.807, 2.05) is 38.1 Å². The first-order chi connectivity index (χ1) is 14.0. The highest BCUT2D eigenvalue weighted by atomic mass is 127. The maximum atomic E-state index is 14.1. The van der Waals surface area contributed by atoms with Gasteiger partial charge in [-0.25, -0.2) is 8.78 Å². The van der Waals surface area contributed by atoms with Gasteiger partial charge in [-0.05, 0) is 51.7 Å². The zero-order chi connectivity index (χ0) is 20.8. The Morgan fingerprint density at radius 1 is 1.33 bits per heavy atom. The Hall–Kier alpha value is -1.88. The highest BCUT2D eigenvalue weighted by Gasteiger charge is 2.25. The number of hydrogen-bond donors (Lipinski definition) is 2. The lowest BCUT2D eigenvalue weighted by molar-refractivity contribution is 0.265. The van der Waals surface area contributed by atoms with Gasteiger partial charge in [0, 0.05) is 31.7 Å². The van der Waals surface area contributed by atoms with Crippen molar-refractivity contribution in [1.29, 1.82) is 0 Å². The second-order valence-corrected chi connectivity index (χ2v) is 7.39. The smallest absolute Gasteiger partial charge is 0.191 e. The molecule has 2 N–H and O–H groups in total. The molecule has 0 amide bonds. The number of benzene rings is 1. The minimum absolute atomic E-state index is 0. The van der Waals surface area contributed by atoms with Crippen molar-refractivity contribution in [3.05, 3.63) is 54.0 Å². The molecule has 0 radical (unpaired) electrons. The Kier molecular flexibility index (Phi) is 9.35. The van der Waals surface area contributed by atoms with Crippen LogP contribution in [-0.2, 0) is 0 Å². The van der Waals surface area contributed by atoms with Crippen molar-refractivity contribution in [1.82, 2.24) is 15.5 Å². The summed E-state index contributed by atoms with van der Waals surface area (Å²) < 4.78 is 32.8. The van der Waals surface area contributed by atoms with Crippen molar-refractivity contribution in [3.8, 4) is 0 Å². The Bertz CT molecular complexity index is 816. The number of nitrogens with zero attached hydrogens (tertiary/aromatic N) is 3. The molecule has 1 aromatic carbocycles. The van der Waals surface area contributed by atoms with E-state index in [0.29, 0.717) is 25.3 Å². The number of anilines is 1. The van der Waals surface area contributed by atoms with Gasteiger partial charge in [0.1, 0.15) is 17.4 Å². The minimum Gasteiger partial charge on any atom is -0.468 e. The number of guanidine groups is 1. The number of rotatable bonds is 7. The van der Waals surface area contributed by atoms with Gasteiger partial charge >= 0.3 is 0 Å². The topological polar surface area (TPSA) is 56.0 Å². The Morgan fingerprint density at radius 2 is 2.13 bits per heavy atom. The molecule has 2 aromatic rings. The summed E-state index contributed by atoms with van der Waals surface area (Å²) in [6, 6.07) is 7.70. The van der Waals surface area contributed by atoms with Crippen molar-refractivity contribution >= 4 is 35.6 Å². The summed E-state index contributed by atoms with van der Waals surface area (Å²) in [6.07, 6.45) is 2.51. The van der Waals surface area contributed by atoms with E-state index in [4.69, 9.17) is 9.41 Å². The van der Waals surface area contributed by atoms with Crippen LogP contribution in [0.3, 0.4) is 0 Å². The van der Waals surface area contributed by atoms with Gasteiger partial charge in [-0.3, -0.25) is 9.89 Å². The van der Waals surface area contributed by atoms with Crippen molar-refractivity contribution in [2.24, 2.45) is 4.99 Å². The molecule has 1 aliphatic heterocycles. The molecule has 0 bridgehead atoms. The summed E-state index contributed by atoms with van der Waals surface area (Å²) in [7, 11) is 3.99. The lowest BCUT2D eigenvalue weighted by Gasteiger charge is -2.23. The summed E-state index contributed by atoms with van der Waals surface area (Å²) >= 11 is 0. The molecule has 0 saturated carbocycles. The average Bonchev–Trinajstić information content (AvgIpc) is 3.34. The van der Waals surface area contributed by atoms with Gasteiger partial charge in [0.25, 0.3) is 0 Å². The molecule has 1 saturated heterocycles. The van der Waals surface area contributed by atoms with E-state index in [2.05, 4.69) is 15.5 Å². The van der Waals surface area contributed by atoms with Crippen LogP contribution in [0.15, 0.2) is 46.0 Å². The summed E-state index contributed by atoms with van der Waals surface area (Å²) in [5.74, 6) is 0.498. The molecule has 0 spiro atoms. The number of halogens is 3. The van der Waals surface area contributed by atoms with Crippen molar-refractivity contribution in [3.63, 3.8) is 0 Å². The molecule has 1 aliphatic rings. The van der Waals surface area contributed by atoms with E-state index >= 15 is 0 Å². The van der Waals surface area contributed by atoms with Gasteiger partial charge in [-0.2, -0.15) is 0 Å². The summed E-state index contributed by atoms with van der Waals surface area (Å²) in [6.45, 7) is 4.62. The lowest BCUT2D eigenvalue weighted by Crippen LogP contribution is -2.45. The van der Waals surface area contributed by atoms with E-state index in [1.165, 1.54) is 12.1 Å².